The zero-order valence-electron chi connectivity index (χ0n) is 6.08. The molecule has 1 aliphatic rings. The van der Waals surface area contributed by atoms with E-state index in [1.165, 1.54) is 0 Å². The number of hydrogen-bond donors (Lipinski definition) is 1. The fourth-order valence-corrected chi connectivity index (χ4v) is 1.30. The molecule has 1 aromatic carbocycles. The third-order valence-electron chi connectivity index (χ3n) is 1.86. The highest BCUT2D eigenvalue weighted by Crippen LogP contribution is 2.13. The second kappa shape index (κ2) is 2.49. The maximum Gasteiger partial charge on any atom is 0.138 e. The molecule has 1 N–H and O–H groups in total. The Morgan fingerprint density at radius 1 is 1.27 bits per heavy atom. The van der Waals surface area contributed by atoms with Crippen LogP contribution in [0.3, 0.4) is 0 Å². The number of rotatable bonds is 0. The summed E-state index contributed by atoms with van der Waals surface area (Å²) in [4.78, 5) is 0. The smallest absolute Gasteiger partial charge is 0.138 e. The van der Waals surface area contributed by atoms with Crippen LogP contribution in [0, 0.1) is 5.21 Å². The lowest BCUT2D eigenvalue weighted by atomic mass is 10.1. The van der Waals surface area contributed by atoms with Crippen LogP contribution in [0.15, 0.2) is 30.3 Å². The van der Waals surface area contributed by atoms with Crippen LogP contribution in [-0.2, 0) is 0 Å². The van der Waals surface area contributed by atoms with Crippen LogP contribution in [0.5, 0.6) is 0 Å². The molecule has 0 bridgehead atoms. The van der Waals surface area contributed by atoms with Crippen LogP contribution < -0.4 is 5.06 Å². The van der Waals surface area contributed by atoms with Gasteiger partial charge in [-0.25, -0.2) is 0 Å². The van der Waals surface area contributed by atoms with Gasteiger partial charge in [0.15, 0.2) is 0 Å². The Bertz CT molecular complexity index is 293. The third kappa shape index (κ3) is 1.06. The Morgan fingerprint density at radius 3 is 2.91 bits per heavy atom. The molecular formula is C9H9NO. The first-order valence-corrected chi connectivity index (χ1v) is 3.67. The molecule has 0 fully saturated rings. The standard InChI is InChI=1S/C9H9NO/c11-10-7-3-5-8-4-1-2-6-9(8)10/h1-6,10H,7H2. The summed E-state index contributed by atoms with van der Waals surface area (Å²) in [6.07, 6.45) is 3.90. The van der Waals surface area contributed by atoms with Gasteiger partial charge in [-0.2, -0.15) is 0 Å². The summed E-state index contributed by atoms with van der Waals surface area (Å²) in [5, 5.41) is 11.5. The summed E-state index contributed by atoms with van der Waals surface area (Å²) in [5.74, 6) is 0. The Kier molecular flexibility index (Phi) is 1.49. The Morgan fingerprint density at radius 2 is 2.09 bits per heavy atom. The minimum atomic E-state index is 0.225. The van der Waals surface area contributed by atoms with E-state index in [0.717, 1.165) is 11.3 Å². The first kappa shape index (κ1) is 6.58. The molecular weight excluding hydrogens is 138 g/mol. The summed E-state index contributed by atoms with van der Waals surface area (Å²) < 4.78 is 0. The molecule has 2 nitrogen and oxygen atoms in total. The highest BCUT2D eigenvalue weighted by atomic mass is 16.5. The topological polar surface area (TPSA) is 27.5 Å². The molecule has 1 unspecified atom stereocenters. The summed E-state index contributed by atoms with van der Waals surface area (Å²) in [6.45, 7) is 0.553. The van der Waals surface area contributed by atoms with Crippen molar-refractivity contribution in [1.29, 1.82) is 0 Å². The monoisotopic (exact) mass is 147 g/mol. The summed E-state index contributed by atoms with van der Waals surface area (Å²) in [6, 6.07) is 7.68. The molecule has 0 saturated heterocycles. The first-order valence-electron chi connectivity index (χ1n) is 3.67. The van der Waals surface area contributed by atoms with Crippen molar-refractivity contribution in [2.75, 3.05) is 6.54 Å². The molecule has 0 aliphatic carbocycles. The highest BCUT2D eigenvalue weighted by molar-refractivity contribution is 5.61. The van der Waals surface area contributed by atoms with E-state index in [2.05, 4.69) is 0 Å². The molecule has 1 aliphatic heterocycles. The number of quaternary nitrogens is 1. The van der Waals surface area contributed by atoms with E-state index >= 15 is 0 Å². The number of benzene rings is 1. The fraction of sp³-hybridized carbons (Fsp3) is 0.111. The largest absolute Gasteiger partial charge is 0.629 e. The van der Waals surface area contributed by atoms with E-state index in [9.17, 15) is 5.21 Å². The van der Waals surface area contributed by atoms with Crippen LogP contribution in [-0.4, -0.2) is 6.54 Å². The average molecular weight is 147 g/mol. The third-order valence-corrected chi connectivity index (χ3v) is 1.86. The maximum atomic E-state index is 11.2. The molecule has 1 atom stereocenters. The molecule has 0 aromatic heterocycles. The van der Waals surface area contributed by atoms with Gasteiger partial charge in [-0.3, -0.25) is 0 Å². The van der Waals surface area contributed by atoms with E-state index < -0.39 is 0 Å². The lowest BCUT2D eigenvalue weighted by molar-refractivity contribution is -0.769. The van der Waals surface area contributed by atoms with Gasteiger partial charge < -0.3 is 10.3 Å². The molecule has 11 heavy (non-hydrogen) atoms. The van der Waals surface area contributed by atoms with Crippen molar-refractivity contribution < 1.29 is 5.06 Å². The van der Waals surface area contributed by atoms with Crippen LogP contribution in [0.25, 0.3) is 6.08 Å². The van der Waals surface area contributed by atoms with Crippen molar-refractivity contribution >= 4 is 11.8 Å². The van der Waals surface area contributed by atoms with Gasteiger partial charge in [0, 0.05) is 5.56 Å². The van der Waals surface area contributed by atoms with E-state index in [1.54, 1.807) is 0 Å². The number of fused-ring (bicyclic) bond motifs is 1. The van der Waals surface area contributed by atoms with E-state index in [-0.39, 0.29) is 5.06 Å². The lowest BCUT2D eigenvalue weighted by Gasteiger charge is -2.24. The minimum Gasteiger partial charge on any atom is -0.629 e. The summed E-state index contributed by atoms with van der Waals surface area (Å²) in [5.41, 5.74) is 1.90. The lowest BCUT2D eigenvalue weighted by Crippen LogP contribution is -3.02. The van der Waals surface area contributed by atoms with Gasteiger partial charge in [0.05, 0.1) is 0 Å². The number of para-hydroxylation sites is 1. The number of hydrogen-bond acceptors (Lipinski definition) is 1. The van der Waals surface area contributed by atoms with E-state index in [4.69, 9.17) is 0 Å². The minimum absolute atomic E-state index is 0.225. The van der Waals surface area contributed by atoms with Crippen molar-refractivity contribution in [3.8, 4) is 0 Å². The molecule has 0 saturated carbocycles. The Balaban J connectivity index is 2.54. The van der Waals surface area contributed by atoms with Crippen molar-refractivity contribution in [2.24, 2.45) is 0 Å². The highest BCUT2D eigenvalue weighted by Gasteiger charge is 2.08. The van der Waals surface area contributed by atoms with Gasteiger partial charge in [-0.1, -0.05) is 12.1 Å². The maximum absolute atomic E-state index is 11.2. The Labute approximate surface area is 65.3 Å². The normalized spacial score (nSPS) is 21.4. The second-order valence-electron chi connectivity index (χ2n) is 2.62. The molecule has 2 heteroatoms. The zero-order valence-corrected chi connectivity index (χ0v) is 6.08. The molecule has 1 heterocycles. The molecule has 0 radical (unpaired) electrons. The zero-order chi connectivity index (χ0) is 7.68. The molecule has 2 rings (SSSR count). The number of nitrogens with one attached hydrogen (secondary N) is 1. The first-order chi connectivity index (χ1) is 5.38. The van der Waals surface area contributed by atoms with Gasteiger partial charge >= 0.3 is 0 Å². The van der Waals surface area contributed by atoms with Crippen LogP contribution in [0.4, 0.5) is 5.69 Å². The van der Waals surface area contributed by atoms with Gasteiger partial charge in [0.1, 0.15) is 12.2 Å². The second-order valence-corrected chi connectivity index (χ2v) is 2.62. The molecule has 56 valence electrons. The number of hydroxylamine groups is 1. The van der Waals surface area contributed by atoms with Crippen molar-refractivity contribution in [1.82, 2.24) is 0 Å². The van der Waals surface area contributed by atoms with Crippen LogP contribution in [0.2, 0.25) is 0 Å². The fourth-order valence-electron chi connectivity index (χ4n) is 1.30. The van der Waals surface area contributed by atoms with Gasteiger partial charge in [-0.15, -0.1) is 0 Å². The SMILES string of the molecule is [O-][NH+]1CC=Cc2ccccc21. The molecule has 1 aromatic rings. The Hall–Kier alpha value is -1.12. The summed E-state index contributed by atoms with van der Waals surface area (Å²) in [7, 11) is 0. The predicted molar refractivity (Wildman–Crippen MR) is 44.3 cm³/mol. The summed E-state index contributed by atoms with van der Waals surface area (Å²) >= 11 is 0. The van der Waals surface area contributed by atoms with Crippen molar-refractivity contribution in [3.63, 3.8) is 0 Å². The van der Waals surface area contributed by atoms with E-state index in [1.807, 2.05) is 36.4 Å². The van der Waals surface area contributed by atoms with Crippen molar-refractivity contribution in [2.45, 2.75) is 0 Å². The van der Waals surface area contributed by atoms with Crippen LogP contribution >= 0.6 is 0 Å². The van der Waals surface area contributed by atoms with Crippen molar-refractivity contribution in [3.05, 3.63) is 41.1 Å². The van der Waals surface area contributed by atoms with Gasteiger partial charge in [-0.05, 0) is 24.3 Å². The molecule has 0 spiro atoms. The quantitative estimate of drug-likeness (QED) is 0.538. The molecule has 0 amide bonds. The average Bonchev–Trinajstić information content (AvgIpc) is 2.06. The predicted octanol–water partition coefficient (Wildman–Crippen LogP) is 0.728. The van der Waals surface area contributed by atoms with Gasteiger partial charge in [0.2, 0.25) is 0 Å². The van der Waals surface area contributed by atoms with Gasteiger partial charge in [0.25, 0.3) is 0 Å². The van der Waals surface area contributed by atoms with E-state index in [0.29, 0.717) is 6.54 Å². The van der Waals surface area contributed by atoms with Crippen LogP contribution in [0.1, 0.15) is 5.56 Å².